The molecule has 0 aliphatic carbocycles. The summed E-state index contributed by atoms with van der Waals surface area (Å²) in [5, 5.41) is 12.2. The topological polar surface area (TPSA) is 61.8 Å². The lowest BCUT2D eigenvalue weighted by atomic mass is 9.95. The summed E-state index contributed by atoms with van der Waals surface area (Å²) in [4.78, 5) is 13.2. The summed E-state index contributed by atoms with van der Waals surface area (Å²) in [6.07, 6.45) is 3.24. The van der Waals surface area contributed by atoms with Crippen LogP contribution in [-0.2, 0) is 30.6 Å². The van der Waals surface area contributed by atoms with E-state index in [4.69, 9.17) is 9.84 Å². The van der Waals surface area contributed by atoms with Crippen molar-refractivity contribution in [1.82, 2.24) is 0 Å². The molecule has 0 fully saturated rings. The van der Waals surface area contributed by atoms with E-state index in [1.54, 1.807) is 13.2 Å². The number of carboxylic acid groups (broad SMARTS) is 1. The van der Waals surface area contributed by atoms with Crippen LogP contribution >= 0.6 is 0 Å². The van der Waals surface area contributed by atoms with Crippen molar-refractivity contribution in [3.8, 4) is 5.75 Å². The standard InChI is InChI=1S/C28H31FN2O3/c1-34-24-12-7-20(8-13-24)15-17-31-16-3-5-25-22(4-2-6-27(25)31)19-30-23-11-9-21(26(29)18-23)10-14-28(32)33/h2,4,6-9,11-13,18,30H,3,5,10,14-17,19H2,1H3,(H,32,33). The summed E-state index contributed by atoms with van der Waals surface area (Å²) in [5.74, 6) is -0.418. The van der Waals surface area contributed by atoms with E-state index in [1.165, 1.54) is 28.4 Å². The van der Waals surface area contributed by atoms with Gasteiger partial charge >= 0.3 is 5.97 Å². The first kappa shape index (κ1) is 23.6. The van der Waals surface area contributed by atoms with Gasteiger partial charge in [0.2, 0.25) is 0 Å². The van der Waals surface area contributed by atoms with E-state index < -0.39 is 5.97 Å². The summed E-state index contributed by atoms with van der Waals surface area (Å²) < 4.78 is 19.6. The Balaban J connectivity index is 1.40. The minimum atomic E-state index is -0.923. The molecule has 0 aromatic heterocycles. The normalized spacial score (nSPS) is 12.8. The van der Waals surface area contributed by atoms with Gasteiger partial charge in [0.05, 0.1) is 7.11 Å². The van der Waals surface area contributed by atoms with Crippen LogP contribution in [0.3, 0.4) is 0 Å². The van der Waals surface area contributed by atoms with E-state index in [1.807, 2.05) is 18.2 Å². The Morgan fingerprint density at radius 3 is 2.65 bits per heavy atom. The van der Waals surface area contributed by atoms with E-state index in [2.05, 4.69) is 40.5 Å². The summed E-state index contributed by atoms with van der Waals surface area (Å²) in [6, 6.07) is 19.6. The van der Waals surface area contributed by atoms with Gasteiger partial charge in [-0.2, -0.15) is 0 Å². The number of aliphatic carboxylic acids is 1. The molecule has 0 unspecified atom stereocenters. The zero-order chi connectivity index (χ0) is 23.9. The molecular formula is C28H31FN2O3. The fourth-order valence-electron chi connectivity index (χ4n) is 4.53. The molecule has 0 saturated carbocycles. The van der Waals surface area contributed by atoms with Crippen LogP contribution in [0, 0.1) is 5.82 Å². The zero-order valence-electron chi connectivity index (χ0n) is 19.5. The molecule has 0 saturated heterocycles. The molecule has 1 aliphatic rings. The predicted octanol–water partition coefficient (Wildman–Crippen LogP) is 5.46. The number of nitrogens with one attached hydrogen (secondary N) is 1. The van der Waals surface area contributed by atoms with Crippen LogP contribution in [0.4, 0.5) is 15.8 Å². The second kappa shape index (κ2) is 11.1. The molecule has 0 atom stereocenters. The summed E-state index contributed by atoms with van der Waals surface area (Å²) >= 11 is 0. The Kier molecular flexibility index (Phi) is 7.68. The van der Waals surface area contributed by atoms with Crippen LogP contribution in [0.25, 0.3) is 0 Å². The average Bonchev–Trinajstić information content (AvgIpc) is 2.85. The molecule has 2 N–H and O–H groups in total. The second-order valence-electron chi connectivity index (χ2n) is 8.66. The molecule has 3 aromatic carbocycles. The van der Waals surface area contributed by atoms with Crippen LogP contribution in [0.15, 0.2) is 60.7 Å². The van der Waals surface area contributed by atoms with Gasteiger partial charge in [-0.1, -0.05) is 30.3 Å². The lowest BCUT2D eigenvalue weighted by molar-refractivity contribution is -0.136. The van der Waals surface area contributed by atoms with Crippen molar-refractivity contribution in [3.63, 3.8) is 0 Å². The molecule has 6 heteroatoms. The van der Waals surface area contributed by atoms with Gasteiger partial charge in [-0.3, -0.25) is 4.79 Å². The maximum atomic E-state index is 14.4. The number of anilines is 2. The summed E-state index contributed by atoms with van der Waals surface area (Å²) in [5.41, 5.74) is 6.28. The first-order valence-corrected chi connectivity index (χ1v) is 11.8. The number of methoxy groups -OCH3 is 1. The minimum absolute atomic E-state index is 0.0746. The molecule has 1 heterocycles. The Morgan fingerprint density at radius 2 is 1.91 bits per heavy atom. The van der Waals surface area contributed by atoms with Crippen LogP contribution in [-0.4, -0.2) is 31.3 Å². The molecule has 4 rings (SSSR count). The number of halogens is 1. The molecule has 1 aliphatic heterocycles. The number of carboxylic acids is 1. The fourth-order valence-corrected chi connectivity index (χ4v) is 4.53. The van der Waals surface area contributed by atoms with E-state index in [0.29, 0.717) is 17.8 Å². The van der Waals surface area contributed by atoms with Gasteiger partial charge in [0.25, 0.3) is 0 Å². The molecule has 0 radical (unpaired) electrons. The van der Waals surface area contributed by atoms with E-state index >= 15 is 0 Å². The van der Waals surface area contributed by atoms with Gasteiger partial charge in [-0.25, -0.2) is 4.39 Å². The van der Waals surface area contributed by atoms with Crippen molar-refractivity contribution >= 4 is 17.3 Å². The predicted molar refractivity (Wildman–Crippen MR) is 133 cm³/mol. The molecular weight excluding hydrogens is 431 g/mol. The van der Waals surface area contributed by atoms with Gasteiger partial charge in [-0.05, 0) is 78.3 Å². The molecule has 0 spiro atoms. The molecule has 34 heavy (non-hydrogen) atoms. The molecule has 178 valence electrons. The van der Waals surface area contributed by atoms with E-state index in [9.17, 15) is 9.18 Å². The molecule has 0 bridgehead atoms. The maximum absolute atomic E-state index is 14.4. The van der Waals surface area contributed by atoms with Gasteiger partial charge in [0, 0.05) is 37.4 Å². The highest BCUT2D eigenvalue weighted by Gasteiger charge is 2.19. The highest BCUT2D eigenvalue weighted by atomic mass is 19.1. The number of benzene rings is 3. The zero-order valence-corrected chi connectivity index (χ0v) is 19.5. The summed E-state index contributed by atoms with van der Waals surface area (Å²) in [6.45, 7) is 2.62. The largest absolute Gasteiger partial charge is 0.497 e. The number of carbonyl (C=O) groups is 1. The van der Waals surface area contributed by atoms with E-state index in [0.717, 1.165) is 38.1 Å². The number of ether oxygens (including phenoxy) is 1. The first-order chi connectivity index (χ1) is 16.5. The number of hydrogen-bond acceptors (Lipinski definition) is 4. The SMILES string of the molecule is COc1ccc(CCN2CCCc3c(CNc4ccc(CCC(=O)O)c(F)c4)cccc32)cc1. The number of rotatable bonds is 10. The number of hydrogen-bond donors (Lipinski definition) is 2. The number of aryl methyl sites for hydroxylation is 1. The van der Waals surface area contributed by atoms with Crippen molar-refractivity contribution in [3.05, 3.63) is 88.7 Å². The lowest BCUT2D eigenvalue weighted by Gasteiger charge is -2.33. The highest BCUT2D eigenvalue weighted by Crippen LogP contribution is 2.31. The minimum Gasteiger partial charge on any atom is -0.497 e. The van der Waals surface area contributed by atoms with Crippen molar-refractivity contribution < 1.29 is 19.0 Å². The smallest absolute Gasteiger partial charge is 0.303 e. The van der Waals surface area contributed by atoms with E-state index in [-0.39, 0.29) is 18.7 Å². The third-order valence-electron chi connectivity index (χ3n) is 6.42. The third kappa shape index (κ3) is 5.87. The van der Waals surface area contributed by atoms with Crippen LogP contribution < -0.4 is 15.0 Å². The van der Waals surface area contributed by atoms with Crippen LogP contribution in [0.2, 0.25) is 0 Å². The monoisotopic (exact) mass is 462 g/mol. The highest BCUT2D eigenvalue weighted by molar-refractivity contribution is 5.67. The van der Waals surface area contributed by atoms with Crippen LogP contribution in [0.5, 0.6) is 5.75 Å². The number of fused-ring (bicyclic) bond motifs is 1. The maximum Gasteiger partial charge on any atom is 0.303 e. The average molecular weight is 463 g/mol. The van der Waals surface area contributed by atoms with Gasteiger partial charge in [-0.15, -0.1) is 0 Å². The second-order valence-corrected chi connectivity index (χ2v) is 8.66. The Bertz CT molecular complexity index is 1130. The Labute approximate surface area is 200 Å². The first-order valence-electron chi connectivity index (χ1n) is 11.8. The Morgan fingerprint density at radius 1 is 1.09 bits per heavy atom. The fraction of sp³-hybridized carbons (Fsp3) is 0.321. The van der Waals surface area contributed by atoms with Crippen molar-refractivity contribution in [2.75, 3.05) is 30.4 Å². The van der Waals surface area contributed by atoms with Gasteiger partial charge < -0.3 is 20.1 Å². The van der Waals surface area contributed by atoms with Crippen molar-refractivity contribution in [1.29, 1.82) is 0 Å². The number of nitrogens with zero attached hydrogens (tertiary/aromatic N) is 1. The van der Waals surface area contributed by atoms with Crippen LogP contribution in [0.1, 0.15) is 35.1 Å². The third-order valence-corrected chi connectivity index (χ3v) is 6.42. The van der Waals surface area contributed by atoms with Crippen molar-refractivity contribution in [2.24, 2.45) is 0 Å². The summed E-state index contributed by atoms with van der Waals surface area (Å²) in [7, 11) is 1.68. The molecule has 0 amide bonds. The van der Waals surface area contributed by atoms with Crippen molar-refractivity contribution in [2.45, 2.75) is 38.6 Å². The quantitative estimate of drug-likeness (QED) is 0.419. The lowest BCUT2D eigenvalue weighted by Crippen LogP contribution is -2.32. The van der Waals surface area contributed by atoms with Gasteiger partial charge in [0.1, 0.15) is 11.6 Å². The van der Waals surface area contributed by atoms with Gasteiger partial charge in [0.15, 0.2) is 0 Å². The molecule has 5 nitrogen and oxygen atoms in total. The molecule has 3 aromatic rings. The Hall–Kier alpha value is -3.54.